The van der Waals surface area contributed by atoms with Crippen molar-refractivity contribution in [3.63, 3.8) is 0 Å². The molecular weight excluding hydrogens is 128 g/mol. The van der Waals surface area contributed by atoms with E-state index in [1.54, 1.807) is 0 Å². The lowest BCUT2D eigenvalue weighted by Gasteiger charge is -2.23. The Morgan fingerprint density at radius 2 is 1.90 bits per heavy atom. The molecule has 1 aliphatic carbocycles. The molecule has 0 radical (unpaired) electrons. The van der Waals surface area contributed by atoms with Crippen molar-refractivity contribution in [2.75, 3.05) is 13.2 Å². The molecule has 0 unspecified atom stereocenters. The number of hydrogen-bond donors (Lipinski definition) is 0. The van der Waals surface area contributed by atoms with Gasteiger partial charge in [-0.05, 0) is 6.08 Å². The van der Waals surface area contributed by atoms with Crippen molar-refractivity contribution in [1.29, 1.82) is 0 Å². The first-order valence-corrected chi connectivity index (χ1v) is 3.54. The lowest BCUT2D eigenvalue weighted by Crippen LogP contribution is -2.27. The maximum absolute atomic E-state index is 5.42. The normalized spacial score (nSPS) is 28.0. The predicted octanol–water partition coefficient (Wildman–Crippen LogP) is 1.25. The first-order valence-electron chi connectivity index (χ1n) is 3.54. The van der Waals surface area contributed by atoms with Crippen LogP contribution in [0.15, 0.2) is 24.3 Å². The maximum Gasteiger partial charge on any atom is 0.191 e. The quantitative estimate of drug-likeness (QED) is 0.501. The molecule has 0 atom stereocenters. The van der Waals surface area contributed by atoms with Crippen LogP contribution >= 0.6 is 0 Å². The molecule has 1 fully saturated rings. The van der Waals surface area contributed by atoms with E-state index in [2.05, 4.69) is 6.08 Å². The number of allylic oxidation sites excluding steroid dienone is 2. The Morgan fingerprint density at radius 1 is 1.10 bits per heavy atom. The average molecular weight is 138 g/mol. The van der Waals surface area contributed by atoms with E-state index in [0.717, 1.165) is 19.6 Å². The Balaban J connectivity index is 2.15. The average Bonchev–Trinajstić information content (AvgIpc) is 2.39. The smallest absolute Gasteiger partial charge is 0.191 e. The zero-order chi connectivity index (χ0) is 6.86. The molecule has 2 aliphatic rings. The molecule has 1 saturated heterocycles. The Labute approximate surface area is 60.1 Å². The van der Waals surface area contributed by atoms with Crippen LogP contribution in [-0.2, 0) is 9.47 Å². The summed E-state index contributed by atoms with van der Waals surface area (Å²) in [5, 5.41) is 0. The Morgan fingerprint density at radius 3 is 2.50 bits per heavy atom. The minimum Gasteiger partial charge on any atom is -0.344 e. The summed E-state index contributed by atoms with van der Waals surface area (Å²) < 4.78 is 10.8. The summed E-state index contributed by atoms with van der Waals surface area (Å²) in [5.74, 6) is -0.394. The maximum atomic E-state index is 5.42. The summed E-state index contributed by atoms with van der Waals surface area (Å²) in [7, 11) is 0. The van der Waals surface area contributed by atoms with Crippen molar-refractivity contribution in [3.05, 3.63) is 24.3 Å². The molecule has 0 aromatic heterocycles. The monoisotopic (exact) mass is 138 g/mol. The van der Waals surface area contributed by atoms with Gasteiger partial charge in [0.05, 0.1) is 13.2 Å². The zero-order valence-corrected chi connectivity index (χ0v) is 5.75. The van der Waals surface area contributed by atoms with Gasteiger partial charge in [0.2, 0.25) is 0 Å². The van der Waals surface area contributed by atoms with Gasteiger partial charge >= 0.3 is 0 Å². The molecule has 2 heteroatoms. The lowest BCUT2D eigenvalue weighted by atomic mass is 10.1. The molecule has 0 aromatic rings. The first-order chi connectivity index (χ1) is 4.91. The topological polar surface area (TPSA) is 18.5 Å². The van der Waals surface area contributed by atoms with Crippen LogP contribution in [0.3, 0.4) is 0 Å². The molecule has 10 heavy (non-hydrogen) atoms. The van der Waals surface area contributed by atoms with Crippen LogP contribution in [0.25, 0.3) is 0 Å². The summed E-state index contributed by atoms with van der Waals surface area (Å²) in [5.41, 5.74) is 0. The van der Waals surface area contributed by atoms with E-state index in [-0.39, 0.29) is 0 Å². The third-order valence-corrected chi connectivity index (χ3v) is 1.78. The minimum absolute atomic E-state index is 0.394. The SMILES string of the molecule is C1=CCC2(C=C1)OCCO2. The molecule has 2 nitrogen and oxygen atoms in total. The summed E-state index contributed by atoms with van der Waals surface area (Å²) >= 11 is 0. The molecule has 1 heterocycles. The van der Waals surface area contributed by atoms with Crippen molar-refractivity contribution in [3.8, 4) is 0 Å². The van der Waals surface area contributed by atoms with Crippen molar-refractivity contribution in [2.45, 2.75) is 12.2 Å². The fourth-order valence-corrected chi connectivity index (χ4v) is 1.27. The Bertz CT molecular complexity index is 176. The molecule has 1 spiro atoms. The van der Waals surface area contributed by atoms with Crippen molar-refractivity contribution < 1.29 is 9.47 Å². The van der Waals surface area contributed by atoms with E-state index in [1.807, 2.05) is 18.2 Å². The van der Waals surface area contributed by atoms with Crippen molar-refractivity contribution in [2.24, 2.45) is 0 Å². The van der Waals surface area contributed by atoms with E-state index >= 15 is 0 Å². The van der Waals surface area contributed by atoms with Gasteiger partial charge in [-0.1, -0.05) is 18.2 Å². The minimum atomic E-state index is -0.394. The fraction of sp³-hybridized carbons (Fsp3) is 0.500. The molecular formula is C8H10O2. The Kier molecular flexibility index (Phi) is 1.36. The first kappa shape index (κ1) is 6.13. The second kappa shape index (κ2) is 2.22. The van der Waals surface area contributed by atoms with E-state index in [1.165, 1.54) is 0 Å². The van der Waals surface area contributed by atoms with Crippen LogP contribution in [0.5, 0.6) is 0 Å². The number of ether oxygens (including phenoxy) is 2. The van der Waals surface area contributed by atoms with E-state index in [9.17, 15) is 0 Å². The third kappa shape index (κ3) is 0.895. The molecule has 0 saturated carbocycles. The molecule has 54 valence electrons. The highest BCUT2D eigenvalue weighted by Crippen LogP contribution is 2.27. The lowest BCUT2D eigenvalue weighted by molar-refractivity contribution is -0.113. The van der Waals surface area contributed by atoms with Gasteiger partial charge in [0.1, 0.15) is 0 Å². The fourth-order valence-electron chi connectivity index (χ4n) is 1.27. The van der Waals surface area contributed by atoms with Crippen LogP contribution in [0.4, 0.5) is 0 Å². The van der Waals surface area contributed by atoms with E-state index in [4.69, 9.17) is 9.47 Å². The van der Waals surface area contributed by atoms with Gasteiger partial charge in [0.25, 0.3) is 0 Å². The molecule has 1 aliphatic heterocycles. The van der Waals surface area contributed by atoms with Crippen LogP contribution in [0, 0.1) is 0 Å². The van der Waals surface area contributed by atoms with Crippen LogP contribution in [0.1, 0.15) is 6.42 Å². The van der Waals surface area contributed by atoms with Gasteiger partial charge in [-0.2, -0.15) is 0 Å². The summed E-state index contributed by atoms with van der Waals surface area (Å²) in [4.78, 5) is 0. The van der Waals surface area contributed by atoms with Gasteiger partial charge in [-0.15, -0.1) is 0 Å². The second-order valence-corrected chi connectivity index (χ2v) is 2.50. The van der Waals surface area contributed by atoms with Gasteiger partial charge in [0.15, 0.2) is 5.79 Å². The van der Waals surface area contributed by atoms with Crippen LogP contribution in [0.2, 0.25) is 0 Å². The zero-order valence-electron chi connectivity index (χ0n) is 5.75. The van der Waals surface area contributed by atoms with Gasteiger partial charge in [-0.3, -0.25) is 0 Å². The highest BCUT2D eigenvalue weighted by atomic mass is 16.7. The number of hydrogen-bond acceptors (Lipinski definition) is 2. The summed E-state index contributed by atoms with van der Waals surface area (Å²) in [6.07, 6.45) is 8.86. The third-order valence-electron chi connectivity index (χ3n) is 1.78. The standard InChI is InChI=1S/C8H10O2/c1-2-4-8(5-3-1)9-6-7-10-8/h1-4H,5-7H2. The summed E-state index contributed by atoms with van der Waals surface area (Å²) in [6.45, 7) is 1.44. The highest BCUT2D eigenvalue weighted by Gasteiger charge is 2.32. The highest BCUT2D eigenvalue weighted by molar-refractivity contribution is 5.16. The summed E-state index contributed by atoms with van der Waals surface area (Å²) in [6, 6.07) is 0. The van der Waals surface area contributed by atoms with Crippen molar-refractivity contribution in [1.82, 2.24) is 0 Å². The van der Waals surface area contributed by atoms with E-state index in [0.29, 0.717) is 0 Å². The van der Waals surface area contributed by atoms with E-state index < -0.39 is 5.79 Å². The van der Waals surface area contributed by atoms with Gasteiger partial charge < -0.3 is 9.47 Å². The second-order valence-electron chi connectivity index (χ2n) is 2.50. The largest absolute Gasteiger partial charge is 0.344 e. The Hall–Kier alpha value is -0.600. The molecule has 0 N–H and O–H groups in total. The molecule has 0 aromatic carbocycles. The number of rotatable bonds is 0. The van der Waals surface area contributed by atoms with Gasteiger partial charge in [-0.25, -0.2) is 0 Å². The van der Waals surface area contributed by atoms with Crippen LogP contribution < -0.4 is 0 Å². The predicted molar refractivity (Wildman–Crippen MR) is 37.5 cm³/mol. The molecule has 0 amide bonds. The van der Waals surface area contributed by atoms with Crippen molar-refractivity contribution >= 4 is 0 Å². The molecule has 2 rings (SSSR count). The van der Waals surface area contributed by atoms with Crippen LogP contribution in [-0.4, -0.2) is 19.0 Å². The molecule has 0 bridgehead atoms. The van der Waals surface area contributed by atoms with Gasteiger partial charge in [0, 0.05) is 6.42 Å².